The Hall–Kier alpha value is 1.07. The van der Waals surface area contributed by atoms with Crippen LogP contribution in [0.4, 0.5) is 0 Å². The van der Waals surface area contributed by atoms with E-state index in [9.17, 15) is 28.7 Å². The third-order valence-electron chi connectivity index (χ3n) is 5.71. The topological polar surface area (TPSA) is 142 Å². The van der Waals surface area contributed by atoms with Crippen molar-refractivity contribution in [3.05, 3.63) is 0 Å². The first-order valence-electron chi connectivity index (χ1n) is 13.8. The van der Waals surface area contributed by atoms with Crippen LogP contribution in [0.25, 0.3) is 0 Å². The van der Waals surface area contributed by atoms with Crippen molar-refractivity contribution in [2.24, 2.45) is 0 Å². The Bertz CT molecular complexity index is 665. The fourth-order valence-electron chi connectivity index (χ4n) is 3.67. The Morgan fingerprint density at radius 3 is 1.67 bits per heavy atom. The van der Waals surface area contributed by atoms with Crippen molar-refractivity contribution in [2.45, 2.75) is 129 Å². The number of carbonyl (C=O) groups excluding carboxylic acids is 3. The van der Waals surface area contributed by atoms with Crippen LogP contribution in [0.1, 0.15) is 123 Å². The largest absolute Gasteiger partial charge is 1.00 e. The Labute approximate surface area is 284 Å². The molecular weight excluding hydrogens is 565 g/mol. The number of hydrogen-bond acceptors (Lipinski definition) is 10. The summed E-state index contributed by atoms with van der Waals surface area (Å²) in [6.07, 6.45) is 14.6. The molecule has 0 aliphatic heterocycles. The molecule has 0 aromatic heterocycles. The minimum absolute atomic E-state index is 0. The second-order valence-corrected chi connectivity index (χ2v) is 11.8. The van der Waals surface area contributed by atoms with E-state index in [1.165, 1.54) is 37.4 Å². The molecule has 218 valence electrons. The van der Waals surface area contributed by atoms with Crippen molar-refractivity contribution in [3.8, 4) is 0 Å². The maximum atomic E-state index is 12.1. The Morgan fingerprint density at radius 1 is 0.718 bits per heavy atom. The fourth-order valence-corrected chi connectivity index (χ4v) is 4.65. The average molecular weight is 613 g/mol. The van der Waals surface area contributed by atoms with Crippen molar-refractivity contribution >= 4 is 36.6 Å². The minimum Gasteiger partial charge on any atom is -0.790 e. The van der Waals surface area contributed by atoms with Gasteiger partial charge in [0.2, 0.25) is 0 Å². The van der Waals surface area contributed by atoms with Gasteiger partial charge in [-0.3, -0.25) is 14.4 Å². The van der Waals surface area contributed by atoms with Crippen molar-refractivity contribution < 1.29 is 102 Å². The molecule has 0 spiro atoms. The number of unbranched alkanes of at least 4 members (excludes halogenated alkanes) is 13. The van der Waals surface area contributed by atoms with Crippen LogP contribution in [-0.4, -0.2) is 42.1 Å². The summed E-state index contributed by atoms with van der Waals surface area (Å²) in [6, 6.07) is 0. The number of phosphoric ester groups is 1. The maximum Gasteiger partial charge on any atom is 1.00 e. The first kappa shape index (κ1) is 44.5. The van der Waals surface area contributed by atoms with E-state index in [1.54, 1.807) is 6.92 Å². The molecule has 0 unspecified atom stereocenters. The second kappa shape index (κ2) is 30.5. The molecule has 0 fully saturated rings. The summed E-state index contributed by atoms with van der Waals surface area (Å²) in [4.78, 5) is 56.6. The molecule has 9 nitrogen and oxygen atoms in total. The summed E-state index contributed by atoms with van der Waals surface area (Å²) in [6.45, 7) is 2.71. The number of carbonyl (C=O) groups is 3. The van der Waals surface area contributed by atoms with Gasteiger partial charge in [-0.1, -0.05) is 95.7 Å². The Kier molecular flexibility index (Phi) is 34.8. The zero-order valence-corrected chi connectivity index (χ0v) is 30.5. The molecule has 0 aliphatic carbocycles. The smallest absolute Gasteiger partial charge is 0.790 e. The number of ether oxygens (including phenoxy) is 2. The van der Waals surface area contributed by atoms with Gasteiger partial charge in [0.15, 0.2) is 11.2 Å². The van der Waals surface area contributed by atoms with E-state index in [4.69, 9.17) is 9.47 Å². The fraction of sp³-hybridized carbons (Fsp3) is 0.885. The van der Waals surface area contributed by atoms with Gasteiger partial charge in [0.1, 0.15) is 6.61 Å². The predicted molar refractivity (Wildman–Crippen MR) is 142 cm³/mol. The van der Waals surface area contributed by atoms with Gasteiger partial charge in [-0.25, -0.2) is 0 Å². The van der Waals surface area contributed by atoms with Crippen LogP contribution in [0.15, 0.2) is 0 Å². The van der Waals surface area contributed by atoms with E-state index in [0.717, 1.165) is 63.5 Å². The molecule has 0 aromatic rings. The summed E-state index contributed by atoms with van der Waals surface area (Å²) >= 11 is 1.36. The van der Waals surface area contributed by atoms with Crippen molar-refractivity contribution in [1.82, 2.24) is 0 Å². The summed E-state index contributed by atoms with van der Waals surface area (Å²) in [7, 11) is -5.24. The Morgan fingerprint density at radius 2 is 1.18 bits per heavy atom. The third-order valence-corrected chi connectivity index (χ3v) is 7.08. The van der Waals surface area contributed by atoms with Gasteiger partial charge in [-0.15, -0.1) is 0 Å². The van der Waals surface area contributed by atoms with Crippen LogP contribution in [0.3, 0.4) is 0 Å². The quantitative estimate of drug-likeness (QED) is 0.0558. The monoisotopic (exact) mass is 612 g/mol. The molecule has 0 heterocycles. The third kappa shape index (κ3) is 35.2. The zero-order chi connectivity index (χ0) is 27.8. The summed E-state index contributed by atoms with van der Waals surface area (Å²) in [5, 5.41) is 0.151. The first-order valence-corrected chi connectivity index (χ1v) is 16.2. The summed E-state index contributed by atoms with van der Waals surface area (Å²) in [5.74, 6) is -0.150. The first-order chi connectivity index (χ1) is 17.6. The van der Waals surface area contributed by atoms with Gasteiger partial charge >= 0.3 is 71.1 Å². The number of hydrogen-bond donors (Lipinski definition) is 0. The molecule has 0 rings (SSSR count). The van der Waals surface area contributed by atoms with Crippen LogP contribution >= 0.6 is 19.6 Å². The van der Waals surface area contributed by atoms with Crippen molar-refractivity contribution in [2.75, 3.05) is 19.0 Å². The van der Waals surface area contributed by atoms with Gasteiger partial charge in [0.05, 0.1) is 14.4 Å². The normalized spacial score (nSPS) is 11.7. The average Bonchev–Trinajstić information content (AvgIpc) is 2.82. The van der Waals surface area contributed by atoms with E-state index >= 15 is 0 Å². The SMILES string of the molecule is CCCCCCCCCCC(=O)O[C@@H](COC(=O)CCCCCCCCCSC(C)=O)COP(=O)([O-])[O-].[Na+].[Na+]. The summed E-state index contributed by atoms with van der Waals surface area (Å²) < 4.78 is 25.4. The van der Waals surface area contributed by atoms with E-state index in [2.05, 4.69) is 11.4 Å². The summed E-state index contributed by atoms with van der Waals surface area (Å²) in [5.41, 5.74) is 0. The molecule has 0 radical (unpaired) electrons. The van der Waals surface area contributed by atoms with E-state index in [-0.39, 0.29) is 83.7 Å². The molecular formula is C26H47Na2O9PS. The van der Waals surface area contributed by atoms with Gasteiger partial charge in [0, 0.05) is 25.5 Å². The zero-order valence-electron chi connectivity index (χ0n) is 24.7. The van der Waals surface area contributed by atoms with Crippen molar-refractivity contribution in [1.29, 1.82) is 0 Å². The molecule has 0 saturated carbocycles. The van der Waals surface area contributed by atoms with Crippen LogP contribution in [0.5, 0.6) is 0 Å². The van der Waals surface area contributed by atoms with Crippen LogP contribution in [0, 0.1) is 0 Å². The van der Waals surface area contributed by atoms with Gasteiger partial charge in [-0.2, -0.15) is 0 Å². The van der Waals surface area contributed by atoms with Gasteiger partial charge in [-0.05, 0) is 19.3 Å². The molecule has 0 bridgehead atoms. The van der Waals surface area contributed by atoms with Crippen LogP contribution in [-0.2, 0) is 32.9 Å². The molecule has 39 heavy (non-hydrogen) atoms. The molecule has 0 aromatic carbocycles. The molecule has 13 heteroatoms. The standard InChI is InChI=1S/C26H49O9PS.2Na/c1-3-4-5-6-7-9-13-16-19-26(29)35-24(22-34-36(30,31)32)21-33-25(28)18-15-12-10-8-11-14-17-20-37-23(2)27;;/h24H,3-22H2,1-2H3,(H2,30,31,32);;/q;2*+1/p-2/t24-;;/m0../s1. The number of phosphoric acid groups is 1. The number of thioether (sulfide) groups is 1. The van der Waals surface area contributed by atoms with E-state index in [1.807, 2.05) is 0 Å². The van der Waals surface area contributed by atoms with Gasteiger partial charge < -0.3 is 28.3 Å². The van der Waals surface area contributed by atoms with Crippen molar-refractivity contribution in [3.63, 3.8) is 0 Å². The van der Waals surface area contributed by atoms with Crippen LogP contribution in [0.2, 0.25) is 0 Å². The number of rotatable bonds is 25. The molecule has 1 atom stereocenters. The minimum atomic E-state index is -5.24. The Balaban J connectivity index is -0.00000648. The predicted octanol–water partition coefficient (Wildman–Crippen LogP) is -0.774. The van der Waals surface area contributed by atoms with E-state index < -0.39 is 32.5 Å². The maximum absolute atomic E-state index is 12.1. The van der Waals surface area contributed by atoms with E-state index in [0.29, 0.717) is 12.8 Å². The van der Waals surface area contributed by atoms with Gasteiger partial charge in [0.25, 0.3) is 0 Å². The molecule has 0 N–H and O–H groups in total. The number of esters is 2. The second-order valence-electron chi connectivity index (χ2n) is 9.33. The molecule has 0 saturated heterocycles. The molecule has 0 amide bonds. The molecule has 0 aliphatic rings. The van der Waals surface area contributed by atoms with Crippen LogP contribution < -0.4 is 68.9 Å².